The number of aryl methyl sites for hydroxylation is 3. The fourth-order valence-electron chi connectivity index (χ4n) is 3.38. The Labute approximate surface area is 140 Å². The number of thiazole rings is 1. The SMILES string of the molecule is COc1c([C@@H]2CCCN2C(=O)CCc2cscn2)c(C)nn1C. The van der Waals surface area contributed by atoms with E-state index >= 15 is 0 Å². The summed E-state index contributed by atoms with van der Waals surface area (Å²) in [5.74, 6) is 0.942. The van der Waals surface area contributed by atoms with Crippen LogP contribution in [-0.2, 0) is 18.3 Å². The maximum atomic E-state index is 12.7. The molecule has 0 aromatic carbocycles. The summed E-state index contributed by atoms with van der Waals surface area (Å²) < 4.78 is 7.26. The van der Waals surface area contributed by atoms with Crippen LogP contribution in [0.3, 0.4) is 0 Å². The normalized spacial score (nSPS) is 17.7. The van der Waals surface area contributed by atoms with Gasteiger partial charge in [0.1, 0.15) is 0 Å². The highest BCUT2D eigenvalue weighted by Crippen LogP contribution is 2.39. The second kappa shape index (κ2) is 6.70. The number of hydrogen-bond donors (Lipinski definition) is 0. The first-order valence-electron chi connectivity index (χ1n) is 7.85. The quantitative estimate of drug-likeness (QED) is 0.843. The topological polar surface area (TPSA) is 60.2 Å². The molecule has 0 N–H and O–H groups in total. The van der Waals surface area contributed by atoms with Crippen LogP contribution in [0.2, 0.25) is 0 Å². The molecule has 0 aliphatic carbocycles. The third-order valence-electron chi connectivity index (χ3n) is 4.39. The number of methoxy groups -OCH3 is 1. The molecule has 1 amide bonds. The van der Waals surface area contributed by atoms with Crippen LogP contribution in [0.4, 0.5) is 0 Å². The number of nitrogens with zero attached hydrogens (tertiary/aromatic N) is 4. The van der Waals surface area contributed by atoms with Crippen LogP contribution in [0.5, 0.6) is 5.88 Å². The maximum absolute atomic E-state index is 12.7. The fraction of sp³-hybridized carbons (Fsp3) is 0.562. The van der Waals surface area contributed by atoms with E-state index in [0.717, 1.165) is 42.2 Å². The third-order valence-corrected chi connectivity index (χ3v) is 5.03. The molecule has 7 heteroatoms. The Morgan fingerprint density at radius 1 is 1.52 bits per heavy atom. The van der Waals surface area contributed by atoms with Gasteiger partial charge in [-0.1, -0.05) is 0 Å². The van der Waals surface area contributed by atoms with Crippen LogP contribution < -0.4 is 4.74 Å². The first-order valence-corrected chi connectivity index (χ1v) is 8.80. The van der Waals surface area contributed by atoms with E-state index in [4.69, 9.17) is 4.74 Å². The largest absolute Gasteiger partial charge is 0.481 e. The minimum absolute atomic E-state index is 0.0709. The van der Waals surface area contributed by atoms with E-state index < -0.39 is 0 Å². The summed E-state index contributed by atoms with van der Waals surface area (Å²) in [7, 11) is 3.53. The van der Waals surface area contributed by atoms with Crippen LogP contribution in [0.15, 0.2) is 10.9 Å². The lowest BCUT2D eigenvalue weighted by molar-refractivity contribution is -0.132. The number of hydrogen-bond acceptors (Lipinski definition) is 5. The number of likely N-dealkylation sites (tertiary alicyclic amines) is 1. The maximum Gasteiger partial charge on any atom is 0.223 e. The van der Waals surface area contributed by atoms with E-state index in [9.17, 15) is 4.79 Å². The first kappa shape index (κ1) is 16.0. The van der Waals surface area contributed by atoms with Gasteiger partial charge in [-0.2, -0.15) is 5.10 Å². The molecule has 2 aromatic rings. The highest BCUT2D eigenvalue weighted by atomic mass is 32.1. The third kappa shape index (κ3) is 3.10. The molecular formula is C16H22N4O2S. The Hall–Kier alpha value is -1.89. The summed E-state index contributed by atoms with van der Waals surface area (Å²) in [5, 5.41) is 6.45. The number of carbonyl (C=O) groups excluding carboxylic acids is 1. The predicted molar refractivity (Wildman–Crippen MR) is 88.6 cm³/mol. The van der Waals surface area contributed by atoms with Gasteiger partial charge in [-0.25, -0.2) is 9.67 Å². The van der Waals surface area contributed by atoms with Gasteiger partial charge in [0.2, 0.25) is 11.8 Å². The molecule has 1 atom stereocenters. The van der Waals surface area contributed by atoms with Crippen molar-refractivity contribution >= 4 is 17.2 Å². The summed E-state index contributed by atoms with van der Waals surface area (Å²) in [6.45, 7) is 2.78. The van der Waals surface area contributed by atoms with Crippen molar-refractivity contribution in [2.24, 2.45) is 7.05 Å². The Bertz CT molecular complexity index is 681. The van der Waals surface area contributed by atoms with Crippen molar-refractivity contribution in [2.45, 2.75) is 38.6 Å². The van der Waals surface area contributed by atoms with Crippen LogP contribution in [-0.4, -0.2) is 39.2 Å². The molecule has 0 radical (unpaired) electrons. The summed E-state index contributed by atoms with van der Waals surface area (Å²) in [4.78, 5) is 18.9. The summed E-state index contributed by atoms with van der Waals surface area (Å²) in [6, 6.07) is 0.0709. The molecule has 23 heavy (non-hydrogen) atoms. The molecule has 3 heterocycles. The van der Waals surface area contributed by atoms with Gasteiger partial charge >= 0.3 is 0 Å². The van der Waals surface area contributed by atoms with Crippen LogP contribution in [0.1, 0.15) is 42.3 Å². The minimum atomic E-state index is 0.0709. The lowest BCUT2D eigenvalue weighted by Gasteiger charge is -2.25. The van der Waals surface area contributed by atoms with E-state index in [-0.39, 0.29) is 11.9 Å². The van der Waals surface area contributed by atoms with E-state index in [0.29, 0.717) is 12.8 Å². The molecule has 124 valence electrons. The highest BCUT2D eigenvalue weighted by Gasteiger charge is 2.34. The highest BCUT2D eigenvalue weighted by molar-refractivity contribution is 7.07. The molecular weight excluding hydrogens is 312 g/mol. The number of carbonyl (C=O) groups is 1. The number of rotatable bonds is 5. The van der Waals surface area contributed by atoms with Crippen molar-refractivity contribution < 1.29 is 9.53 Å². The van der Waals surface area contributed by atoms with Crippen molar-refractivity contribution in [1.82, 2.24) is 19.7 Å². The summed E-state index contributed by atoms with van der Waals surface area (Å²) in [6.07, 6.45) is 3.19. The lowest BCUT2D eigenvalue weighted by atomic mass is 10.0. The Morgan fingerprint density at radius 3 is 3.04 bits per heavy atom. The molecule has 1 saturated heterocycles. The lowest BCUT2D eigenvalue weighted by Crippen LogP contribution is -2.31. The van der Waals surface area contributed by atoms with Gasteiger partial charge < -0.3 is 9.64 Å². The molecule has 1 aliphatic heterocycles. The molecule has 0 bridgehead atoms. The van der Waals surface area contributed by atoms with E-state index in [1.54, 1.807) is 23.1 Å². The molecule has 2 aromatic heterocycles. The number of aromatic nitrogens is 3. The van der Waals surface area contributed by atoms with Crippen molar-refractivity contribution in [3.05, 3.63) is 27.8 Å². The molecule has 0 unspecified atom stereocenters. The average molecular weight is 334 g/mol. The molecule has 0 saturated carbocycles. The zero-order valence-electron chi connectivity index (χ0n) is 13.8. The van der Waals surface area contributed by atoms with Crippen LogP contribution in [0.25, 0.3) is 0 Å². The number of amides is 1. The van der Waals surface area contributed by atoms with Crippen LogP contribution >= 0.6 is 11.3 Å². The average Bonchev–Trinajstić information content (AvgIpc) is 3.24. The smallest absolute Gasteiger partial charge is 0.223 e. The zero-order valence-corrected chi connectivity index (χ0v) is 14.6. The fourth-order valence-corrected chi connectivity index (χ4v) is 3.98. The van der Waals surface area contributed by atoms with Gasteiger partial charge in [-0.15, -0.1) is 11.3 Å². The van der Waals surface area contributed by atoms with Gasteiger partial charge in [0.05, 0.1) is 35.6 Å². The monoisotopic (exact) mass is 334 g/mol. The van der Waals surface area contributed by atoms with Gasteiger partial charge in [0, 0.05) is 25.4 Å². The van der Waals surface area contributed by atoms with E-state index in [2.05, 4.69) is 10.1 Å². The van der Waals surface area contributed by atoms with Crippen molar-refractivity contribution in [2.75, 3.05) is 13.7 Å². The van der Waals surface area contributed by atoms with Gasteiger partial charge in [-0.3, -0.25) is 4.79 Å². The van der Waals surface area contributed by atoms with Gasteiger partial charge in [0.15, 0.2) is 0 Å². The minimum Gasteiger partial charge on any atom is -0.481 e. The van der Waals surface area contributed by atoms with Crippen LogP contribution in [0, 0.1) is 6.92 Å². The van der Waals surface area contributed by atoms with Crippen molar-refractivity contribution in [3.8, 4) is 5.88 Å². The second-order valence-corrected chi connectivity index (χ2v) is 6.58. The summed E-state index contributed by atoms with van der Waals surface area (Å²) >= 11 is 1.57. The molecule has 1 fully saturated rings. The zero-order chi connectivity index (χ0) is 16.4. The number of ether oxygens (including phenoxy) is 1. The van der Waals surface area contributed by atoms with Gasteiger partial charge in [0.25, 0.3) is 0 Å². The molecule has 3 rings (SSSR count). The summed E-state index contributed by atoms with van der Waals surface area (Å²) in [5.41, 5.74) is 4.79. The van der Waals surface area contributed by atoms with Gasteiger partial charge in [-0.05, 0) is 26.2 Å². The van der Waals surface area contributed by atoms with E-state index in [1.165, 1.54) is 0 Å². The Kier molecular flexibility index (Phi) is 4.66. The second-order valence-electron chi connectivity index (χ2n) is 5.86. The first-order chi connectivity index (χ1) is 11.1. The van der Waals surface area contributed by atoms with E-state index in [1.807, 2.05) is 29.8 Å². The van der Waals surface area contributed by atoms with Crippen molar-refractivity contribution in [3.63, 3.8) is 0 Å². The molecule has 1 aliphatic rings. The Balaban J connectivity index is 1.76. The van der Waals surface area contributed by atoms with Crippen molar-refractivity contribution in [1.29, 1.82) is 0 Å². The molecule has 0 spiro atoms. The molecule has 6 nitrogen and oxygen atoms in total. The standard InChI is InChI=1S/C16H22N4O2S/c1-11-15(16(22-3)19(2)18-11)13-5-4-8-20(13)14(21)7-6-12-9-23-10-17-12/h9-10,13H,4-8H2,1-3H3/t13-/m0/s1. The predicted octanol–water partition coefficient (Wildman–Crippen LogP) is 2.49. The Morgan fingerprint density at radius 2 is 2.35 bits per heavy atom.